The SMILES string of the molecule is CCOC(=O)C1CCCCC(=O)CCc2ccccc21. The molecule has 0 amide bonds. The first-order valence-electron chi connectivity index (χ1n) is 7.48. The van der Waals surface area contributed by atoms with Crippen molar-refractivity contribution in [3.63, 3.8) is 0 Å². The summed E-state index contributed by atoms with van der Waals surface area (Å²) in [4.78, 5) is 23.9. The second-order valence-electron chi connectivity index (χ2n) is 5.29. The number of carbonyl (C=O) groups is 2. The molecular weight excluding hydrogens is 252 g/mol. The number of ether oxygens (including phenoxy) is 1. The van der Waals surface area contributed by atoms with Gasteiger partial charge in [0.2, 0.25) is 0 Å². The summed E-state index contributed by atoms with van der Waals surface area (Å²) >= 11 is 0. The predicted molar refractivity (Wildman–Crippen MR) is 77.6 cm³/mol. The summed E-state index contributed by atoms with van der Waals surface area (Å²) < 4.78 is 5.22. The number of aryl methyl sites for hydroxylation is 1. The Balaban J connectivity index is 2.29. The highest BCUT2D eigenvalue weighted by atomic mass is 16.5. The fraction of sp³-hybridized carbons (Fsp3) is 0.529. The standard InChI is InChI=1S/C17H22O3/c1-2-20-17(19)16-10-6-4-8-14(18)12-11-13-7-3-5-9-15(13)16/h3,5,7,9,16H,2,4,6,8,10-12H2,1H3. The maximum Gasteiger partial charge on any atom is 0.313 e. The lowest BCUT2D eigenvalue weighted by molar-refractivity contribution is -0.145. The average molecular weight is 274 g/mol. The van der Waals surface area contributed by atoms with E-state index in [4.69, 9.17) is 4.74 Å². The molecule has 0 aliphatic heterocycles. The van der Waals surface area contributed by atoms with Crippen molar-refractivity contribution < 1.29 is 14.3 Å². The van der Waals surface area contributed by atoms with Crippen LogP contribution in [0.4, 0.5) is 0 Å². The topological polar surface area (TPSA) is 43.4 Å². The number of Topliss-reactive ketones (excluding diaryl/α,β-unsaturated/α-hetero) is 1. The fourth-order valence-electron chi connectivity index (χ4n) is 2.81. The minimum Gasteiger partial charge on any atom is -0.466 e. The number of esters is 1. The summed E-state index contributed by atoms with van der Waals surface area (Å²) in [5.41, 5.74) is 2.15. The summed E-state index contributed by atoms with van der Waals surface area (Å²) in [5.74, 6) is 0.0144. The van der Waals surface area contributed by atoms with E-state index >= 15 is 0 Å². The highest BCUT2D eigenvalue weighted by Crippen LogP contribution is 2.29. The predicted octanol–water partition coefficient (Wildman–Crippen LogP) is 3.41. The molecule has 20 heavy (non-hydrogen) atoms. The molecule has 0 saturated heterocycles. The second kappa shape index (κ2) is 7.22. The molecule has 0 radical (unpaired) electrons. The van der Waals surface area contributed by atoms with E-state index in [1.165, 1.54) is 0 Å². The van der Waals surface area contributed by atoms with Crippen molar-refractivity contribution in [2.45, 2.75) is 51.4 Å². The number of carbonyl (C=O) groups excluding carboxylic acids is 2. The van der Waals surface area contributed by atoms with E-state index < -0.39 is 0 Å². The zero-order valence-corrected chi connectivity index (χ0v) is 12.1. The number of ketones is 1. The smallest absolute Gasteiger partial charge is 0.313 e. The molecule has 1 aliphatic carbocycles. The van der Waals surface area contributed by atoms with Crippen LogP contribution in [0.3, 0.4) is 0 Å². The molecule has 1 unspecified atom stereocenters. The molecule has 3 heteroatoms. The average Bonchev–Trinajstić information content (AvgIpc) is 2.46. The third kappa shape index (κ3) is 3.69. The van der Waals surface area contributed by atoms with E-state index in [0.29, 0.717) is 25.2 Å². The van der Waals surface area contributed by atoms with Crippen molar-refractivity contribution in [1.29, 1.82) is 0 Å². The molecule has 0 spiro atoms. The normalized spacial score (nSPS) is 20.1. The molecule has 1 aliphatic rings. The van der Waals surface area contributed by atoms with Gasteiger partial charge in [-0.15, -0.1) is 0 Å². The lowest BCUT2D eigenvalue weighted by Gasteiger charge is -2.20. The van der Waals surface area contributed by atoms with Crippen molar-refractivity contribution in [2.24, 2.45) is 0 Å². The molecule has 0 saturated carbocycles. The monoisotopic (exact) mass is 274 g/mol. The van der Waals surface area contributed by atoms with Crippen LogP contribution in [0.2, 0.25) is 0 Å². The number of benzene rings is 1. The van der Waals surface area contributed by atoms with Gasteiger partial charge < -0.3 is 4.74 Å². The highest BCUT2D eigenvalue weighted by molar-refractivity contribution is 5.80. The number of hydrogen-bond acceptors (Lipinski definition) is 3. The van der Waals surface area contributed by atoms with Crippen molar-refractivity contribution in [2.75, 3.05) is 6.61 Å². The number of hydrogen-bond donors (Lipinski definition) is 0. The van der Waals surface area contributed by atoms with Crippen LogP contribution in [0.1, 0.15) is 56.1 Å². The Labute approximate surface area is 120 Å². The summed E-state index contributed by atoms with van der Waals surface area (Å²) in [6, 6.07) is 7.95. The van der Waals surface area contributed by atoms with Crippen LogP contribution in [0.15, 0.2) is 24.3 Å². The molecule has 0 N–H and O–H groups in total. The zero-order valence-electron chi connectivity index (χ0n) is 12.1. The Morgan fingerprint density at radius 1 is 1.20 bits per heavy atom. The summed E-state index contributed by atoms with van der Waals surface area (Å²) in [6.45, 7) is 2.25. The van der Waals surface area contributed by atoms with Gasteiger partial charge in [-0.05, 0) is 37.3 Å². The minimum atomic E-state index is -0.181. The van der Waals surface area contributed by atoms with E-state index in [1.54, 1.807) is 0 Å². The molecular formula is C17H22O3. The first-order chi connectivity index (χ1) is 9.72. The molecule has 2 rings (SSSR count). The molecule has 1 aromatic carbocycles. The van der Waals surface area contributed by atoms with Gasteiger partial charge in [0.05, 0.1) is 12.5 Å². The van der Waals surface area contributed by atoms with E-state index in [1.807, 2.05) is 31.2 Å². The summed E-state index contributed by atoms with van der Waals surface area (Å²) in [5, 5.41) is 0. The van der Waals surface area contributed by atoms with Crippen LogP contribution in [0, 0.1) is 0 Å². The quantitative estimate of drug-likeness (QED) is 0.776. The molecule has 1 atom stereocenters. The van der Waals surface area contributed by atoms with Crippen LogP contribution in [-0.2, 0) is 20.7 Å². The Morgan fingerprint density at radius 2 is 2.00 bits per heavy atom. The van der Waals surface area contributed by atoms with E-state index in [2.05, 4.69) is 0 Å². The first-order valence-corrected chi connectivity index (χ1v) is 7.48. The third-order valence-corrected chi connectivity index (χ3v) is 3.87. The van der Waals surface area contributed by atoms with E-state index in [-0.39, 0.29) is 11.9 Å². The van der Waals surface area contributed by atoms with Crippen LogP contribution in [0.5, 0.6) is 0 Å². The molecule has 0 heterocycles. The molecule has 1 aromatic rings. The zero-order chi connectivity index (χ0) is 14.4. The van der Waals surface area contributed by atoms with Gasteiger partial charge in [-0.1, -0.05) is 30.7 Å². The van der Waals surface area contributed by atoms with Crippen molar-refractivity contribution in [3.8, 4) is 0 Å². The van der Waals surface area contributed by atoms with Crippen LogP contribution >= 0.6 is 0 Å². The maximum absolute atomic E-state index is 12.2. The number of rotatable bonds is 2. The lowest BCUT2D eigenvalue weighted by Crippen LogP contribution is -2.19. The molecule has 0 aromatic heterocycles. The van der Waals surface area contributed by atoms with Gasteiger partial charge in [-0.2, -0.15) is 0 Å². The van der Waals surface area contributed by atoms with Crippen LogP contribution < -0.4 is 0 Å². The fourth-order valence-corrected chi connectivity index (χ4v) is 2.81. The van der Waals surface area contributed by atoms with Crippen molar-refractivity contribution >= 4 is 11.8 Å². The first kappa shape index (κ1) is 14.8. The minimum absolute atomic E-state index is 0.133. The molecule has 0 fully saturated rings. The van der Waals surface area contributed by atoms with Crippen molar-refractivity contribution in [1.82, 2.24) is 0 Å². The van der Waals surface area contributed by atoms with Gasteiger partial charge in [0.1, 0.15) is 5.78 Å². The molecule has 3 nitrogen and oxygen atoms in total. The van der Waals surface area contributed by atoms with Gasteiger partial charge in [-0.3, -0.25) is 9.59 Å². The van der Waals surface area contributed by atoms with Crippen molar-refractivity contribution in [3.05, 3.63) is 35.4 Å². The summed E-state index contributed by atoms with van der Waals surface area (Å²) in [6.07, 6.45) is 4.47. The van der Waals surface area contributed by atoms with E-state index in [9.17, 15) is 9.59 Å². The molecule has 108 valence electrons. The maximum atomic E-state index is 12.2. The largest absolute Gasteiger partial charge is 0.466 e. The Hall–Kier alpha value is -1.64. The number of fused-ring (bicyclic) bond motifs is 1. The van der Waals surface area contributed by atoms with Gasteiger partial charge >= 0.3 is 5.97 Å². The van der Waals surface area contributed by atoms with E-state index in [0.717, 1.165) is 36.8 Å². The third-order valence-electron chi connectivity index (χ3n) is 3.87. The summed E-state index contributed by atoms with van der Waals surface area (Å²) in [7, 11) is 0. The van der Waals surface area contributed by atoms with Gasteiger partial charge in [0.15, 0.2) is 0 Å². The van der Waals surface area contributed by atoms with Gasteiger partial charge in [-0.25, -0.2) is 0 Å². The Bertz CT molecular complexity index is 479. The second-order valence-corrected chi connectivity index (χ2v) is 5.29. The van der Waals surface area contributed by atoms with Crippen LogP contribution in [0.25, 0.3) is 0 Å². The Morgan fingerprint density at radius 3 is 2.80 bits per heavy atom. The molecule has 0 bridgehead atoms. The van der Waals surface area contributed by atoms with Crippen LogP contribution in [-0.4, -0.2) is 18.4 Å². The Kier molecular flexibility index (Phi) is 5.33. The lowest BCUT2D eigenvalue weighted by atomic mass is 9.86. The van der Waals surface area contributed by atoms with Gasteiger partial charge in [0.25, 0.3) is 0 Å². The highest BCUT2D eigenvalue weighted by Gasteiger charge is 2.24. The van der Waals surface area contributed by atoms with Gasteiger partial charge in [0, 0.05) is 12.8 Å².